The first-order valence-electron chi connectivity index (χ1n) is 7.35. The van der Waals surface area contributed by atoms with Crippen molar-refractivity contribution >= 4 is 5.91 Å². The number of nitrogens with zero attached hydrogens (tertiary/aromatic N) is 1. The van der Waals surface area contributed by atoms with Crippen LogP contribution in [0.2, 0.25) is 0 Å². The minimum atomic E-state index is -0.00548. The minimum absolute atomic E-state index is 0.00548. The van der Waals surface area contributed by atoms with E-state index in [1.54, 1.807) is 0 Å². The molecule has 0 spiro atoms. The van der Waals surface area contributed by atoms with Gasteiger partial charge in [-0.2, -0.15) is 0 Å². The molecule has 4 heteroatoms. The molecule has 0 aromatic rings. The van der Waals surface area contributed by atoms with Crippen LogP contribution in [0.4, 0.5) is 0 Å². The van der Waals surface area contributed by atoms with Crippen molar-refractivity contribution in [3.63, 3.8) is 0 Å². The third-order valence-corrected chi connectivity index (χ3v) is 4.71. The monoisotopic (exact) mass is 252 g/mol. The fourth-order valence-corrected chi connectivity index (χ4v) is 3.76. The summed E-state index contributed by atoms with van der Waals surface area (Å²) < 4.78 is 5.91. The van der Waals surface area contributed by atoms with Crippen molar-refractivity contribution in [3.05, 3.63) is 0 Å². The average Bonchev–Trinajstić information content (AvgIpc) is 3.01. The Labute approximate surface area is 109 Å². The summed E-state index contributed by atoms with van der Waals surface area (Å²) in [6.45, 7) is 6.38. The molecule has 18 heavy (non-hydrogen) atoms. The first-order valence-corrected chi connectivity index (χ1v) is 7.35. The average molecular weight is 252 g/mol. The number of hydrogen-bond donors (Lipinski definition) is 1. The van der Waals surface area contributed by atoms with Gasteiger partial charge in [-0.25, -0.2) is 0 Å². The molecule has 1 N–H and O–H groups in total. The molecule has 5 atom stereocenters. The second-order valence-corrected chi connectivity index (χ2v) is 6.23. The molecule has 3 saturated heterocycles. The largest absolute Gasteiger partial charge is 0.373 e. The van der Waals surface area contributed by atoms with Crippen LogP contribution in [-0.4, -0.2) is 41.3 Å². The van der Waals surface area contributed by atoms with Gasteiger partial charge in [-0.05, 0) is 31.6 Å². The maximum Gasteiger partial charge on any atom is 0.241 e. The van der Waals surface area contributed by atoms with E-state index in [2.05, 4.69) is 31.0 Å². The summed E-state index contributed by atoms with van der Waals surface area (Å²) in [5.74, 6) is 0.647. The Bertz CT molecular complexity index is 345. The quantitative estimate of drug-likeness (QED) is 0.827. The van der Waals surface area contributed by atoms with E-state index in [9.17, 15) is 4.79 Å². The summed E-state index contributed by atoms with van der Waals surface area (Å²) in [6.07, 6.45) is 5.23. The van der Waals surface area contributed by atoms with Gasteiger partial charge in [-0.1, -0.05) is 20.8 Å². The Kier molecular flexibility index (Phi) is 3.10. The molecule has 5 unspecified atom stereocenters. The first kappa shape index (κ1) is 12.4. The van der Waals surface area contributed by atoms with Crippen LogP contribution in [0.1, 0.15) is 46.5 Å². The molecule has 0 saturated carbocycles. The number of amides is 1. The zero-order valence-electron chi connectivity index (χ0n) is 11.6. The minimum Gasteiger partial charge on any atom is -0.373 e. The van der Waals surface area contributed by atoms with Crippen molar-refractivity contribution in [3.8, 4) is 0 Å². The smallest absolute Gasteiger partial charge is 0.241 e. The van der Waals surface area contributed by atoms with Crippen molar-refractivity contribution in [2.75, 3.05) is 0 Å². The molecule has 3 rings (SSSR count). The molecule has 3 heterocycles. The SMILES string of the molecule is CCC1NC(C(C)C)C(=O)N1C1CC2CCC1O2. The highest BCUT2D eigenvalue weighted by atomic mass is 16.5. The predicted octanol–water partition coefficient (Wildman–Crippen LogP) is 1.50. The van der Waals surface area contributed by atoms with E-state index in [1.165, 1.54) is 6.42 Å². The second-order valence-electron chi connectivity index (χ2n) is 6.23. The normalized spacial score (nSPS) is 43.4. The van der Waals surface area contributed by atoms with Crippen molar-refractivity contribution in [2.24, 2.45) is 5.92 Å². The number of carbonyl (C=O) groups excluding carboxylic acids is 1. The molecule has 4 nitrogen and oxygen atoms in total. The predicted molar refractivity (Wildman–Crippen MR) is 69.0 cm³/mol. The fourth-order valence-electron chi connectivity index (χ4n) is 3.76. The van der Waals surface area contributed by atoms with Crippen LogP contribution < -0.4 is 5.32 Å². The van der Waals surface area contributed by atoms with E-state index >= 15 is 0 Å². The lowest BCUT2D eigenvalue weighted by Gasteiger charge is -2.33. The van der Waals surface area contributed by atoms with Gasteiger partial charge in [0.25, 0.3) is 0 Å². The van der Waals surface area contributed by atoms with Gasteiger partial charge >= 0.3 is 0 Å². The van der Waals surface area contributed by atoms with Crippen molar-refractivity contribution in [2.45, 2.75) is 76.9 Å². The molecule has 2 bridgehead atoms. The fraction of sp³-hybridized carbons (Fsp3) is 0.929. The van der Waals surface area contributed by atoms with Crippen molar-refractivity contribution in [1.82, 2.24) is 10.2 Å². The third kappa shape index (κ3) is 1.77. The van der Waals surface area contributed by atoms with E-state index in [4.69, 9.17) is 4.74 Å². The van der Waals surface area contributed by atoms with Gasteiger partial charge in [0.15, 0.2) is 0 Å². The topological polar surface area (TPSA) is 41.6 Å². The Hall–Kier alpha value is -0.610. The maximum atomic E-state index is 12.6. The maximum absolute atomic E-state index is 12.6. The van der Waals surface area contributed by atoms with E-state index in [0.29, 0.717) is 24.2 Å². The highest BCUT2D eigenvalue weighted by Crippen LogP contribution is 2.39. The molecule has 3 aliphatic rings. The van der Waals surface area contributed by atoms with E-state index in [-0.39, 0.29) is 18.1 Å². The van der Waals surface area contributed by atoms with Gasteiger partial charge in [-0.3, -0.25) is 10.1 Å². The molecule has 0 aromatic heterocycles. The number of fused-ring (bicyclic) bond motifs is 2. The van der Waals surface area contributed by atoms with Gasteiger partial charge in [-0.15, -0.1) is 0 Å². The molecular formula is C14H24N2O2. The summed E-state index contributed by atoms with van der Waals surface area (Å²) in [6, 6.07) is 0.312. The zero-order chi connectivity index (χ0) is 12.9. The summed E-state index contributed by atoms with van der Waals surface area (Å²) >= 11 is 0. The molecule has 1 amide bonds. The van der Waals surface area contributed by atoms with Gasteiger partial charge in [0, 0.05) is 0 Å². The summed E-state index contributed by atoms with van der Waals surface area (Å²) in [5, 5.41) is 3.50. The third-order valence-electron chi connectivity index (χ3n) is 4.71. The molecule has 0 aromatic carbocycles. The number of hydrogen-bond acceptors (Lipinski definition) is 3. The lowest BCUT2D eigenvalue weighted by atomic mass is 9.93. The Morgan fingerprint density at radius 1 is 1.44 bits per heavy atom. The summed E-state index contributed by atoms with van der Waals surface area (Å²) in [4.78, 5) is 14.7. The summed E-state index contributed by atoms with van der Waals surface area (Å²) in [5.41, 5.74) is 0. The second kappa shape index (κ2) is 4.49. The van der Waals surface area contributed by atoms with Crippen LogP contribution in [0.3, 0.4) is 0 Å². The molecule has 0 radical (unpaired) electrons. The van der Waals surface area contributed by atoms with Crippen LogP contribution in [0, 0.1) is 5.92 Å². The number of nitrogens with one attached hydrogen (secondary N) is 1. The molecule has 3 aliphatic heterocycles. The molecule has 0 aliphatic carbocycles. The number of rotatable bonds is 3. The molecule has 3 fully saturated rings. The first-order chi connectivity index (χ1) is 8.61. The van der Waals surface area contributed by atoms with Crippen LogP contribution >= 0.6 is 0 Å². The van der Waals surface area contributed by atoms with E-state index in [1.807, 2.05) is 0 Å². The van der Waals surface area contributed by atoms with Gasteiger partial charge in [0.2, 0.25) is 5.91 Å². The van der Waals surface area contributed by atoms with Crippen molar-refractivity contribution < 1.29 is 9.53 Å². The van der Waals surface area contributed by atoms with Gasteiger partial charge < -0.3 is 9.64 Å². The van der Waals surface area contributed by atoms with Gasteiger partial charge in [0.1, 0.15) is 0 Å². The van der Waals surface area contributed by atoms with E-state index < -0.39 is 0 Å². The van der Waals surface area contributed by atoms with E-state index in [0.717, 1.165) is 19.3 Å². The highest BCUT2D eigenvalue weighted by molar-refractivity contribution is 5.85. The Morgan fingerprint density at radius 3 is 2.72 bits per heavy atom. The Morgan fingerprint density at radius 2 is 2.22 bits per heavy atom. The molecular weight excluding hydrogens is 228 g/mol. The lowest BCUT2D eigenvalue weighted by Crippen LogP contribution is -2.48. The number of ether oxygens (including phenoxy) is 1. The van der Waals surface area contributed by atoms with Gasteiger partial charge in [0.05, 0.1) is 30.5 Å². The van der Waals surface area contributed by atoms with Crippen LogP contribution in [0.5, 0.6) is 0 Å². The van der Waals surface area contributed by atoms with Crippen molar-refractivity contribution in [1.29, 1.82) is 0 Å². The van der Waals surface area contributed by atoms with Crippen LogP contribution in [-0.2, 0) is 9.53 Å². The van der Waals surface area contributed by atoms with Crippen LogP contribution in [0.25, 0.3) is 0 Å². The van der Waals surface area contributed by atoms with Crippen LogP contribution in [0.15, 0.2) is 0 Å². The summed E-state index contributed by atoms with van der Waals surface area (Å²) in [7, 11) is 0. The molecule has 102 valence electrons. The standard InChI is InChI=1S/C14H24N2O2/c1-4-12-15-13(8(2)3)14(17)16(12)10-7-9-5-6-11(10)18-9/h8-13,15H,4-7H2,1-3H3. The number of carbonyl (C=O) groups is 1. The zero-order valence-corrected chi connectivity index (χ0v) is 11.6. The Balaban J connectivity index is 1.79. The highest BCUT2D eigenvalue weighted by Gasteiger charge is 2.50. The lowest BCUT2D eigenvalue weighted by molar-refractivity contribution is -0.134.